The van der Waals surface area contributed by atoms with Gasteiger partial charge >= 0.3 is 6.03 Å². The molecular weight excluding hydrogens is 244 g/mol. The highest BCUT2D eigenvalue weighted by molar-refractivity contribution is 5.73. The predicted molar refractivity (Wildman–Crippen MR) is 74.0 cm³/mol. The van der Waals surface area contributed by atoms with Gasteiger partial charge in [0.25, 0.3) is 0 Å². The summed E-state index contributed by atoms with van der Waals surface area (Å²) in [7, 11) is 3.62. The number of morpholine rings is 1. The van der Waals surface area contributed by atoms with Crippen LogP contribution in [0.5, 0.6) is 0 Å². The molecule has 19 heavy (non-hydrogen) atoms. The molecule has 1 atom stereocenters. The summed E-state index contributed by atoms with van der Waals surface area (Å²) in [6.45, 7) is 5.00. The molecule has 0 saturated carbocycles. The Labute approximate surface area is 115 Å². The van der Waals surface area contributed by atoms with E-state index in [9.17, 15) is 4.79 Å². The molecule has 2 aliphatic heterocycles. The van der Waals surface area contributed by atoms with E-state index in [4.69, 9.17) is 10.5 Å². The first-order valence-corrected chi connectivity index (χ1v) is 7.13. The highest BCUT2D eigenvalue weighted by atomic mass is 16.5. The van der Waals surface area contributed by atoms with Crippen LogP contribution < -0.4 is 5.73 Å². The molecule has 2 aliphatic rings. The number of rotatable bonds is 2. The van der Waals surface area contributed by atoms with Crippen molar-refractivity contribution in [3.05, 3.63) is 0 Å². The van der Waals surface area contributed by atoms with Gasteiger partial charge in [-0.15, -0.1) is 0 Å². The molecule has 6 nitrogen and oxygen atoms in total. The van der Waals surface area contributed by atoms with Gasteiger partial charge in [0, 0.05) is 52.9 Å². The lowest BCUT2D eigenvalue weighted by atomic mass is 10.0. The molecule has 2 rings (SSSR count). The van der Waals surface area contributed by atoms with Gasteiger partial charge in [-0.1, -0.05) is 0 Å². The Morgan fingerprint density at radius 1 is 1.32 bits per heavy atom. The Kier molecular flexibility index (Phi) is 5.01. The highest BCUT2D eigenvalue weighted by Gasteiger charge is 2.30. The van der Waals surface area contributed by atoms with Crippen LogP contribution in [0.1, 0.15) is 12.8 Å². The second kappa shape index (κ2) is 6.54. The van der Waals surface area contributed by atoms with Gasteiger partial charge in [0.15, 0.2) is 0 Å². The van der Waals surface area contributed by atoms with Crippen LogP contribution in [-0.2, 0) is 4.74 Å². The molecule has 110 valence electrons. The predicted octanol–water partition coefficient (Wildman–Crippen LogP) is -0.208. The van der Waals surface area contributed by atoms with E-state index in [0.29, 0.717) is 12.6 Å². The van der Waals surface area contributed by atoms with Crippen LogP contribution in [0, 0.1) is 0 Å². The lowest BCUT2D eigenvalue weighted by Gasteiger charge is -2.42. The topological polar surface area (TPSA) is 62.0 Å². The minimum absolute atomic E-state index is 0.125. The Morgan fingerprint density at radius 3 is 2.58 bits per heavy atom. The SMILES string of the molecule is CN(C)C(=O)N1CCC(N2CCOC(CN)C2)CC1. The van der Waals surface area contributed by atoms with E-state index in [-0.39, 0.29) is 12.1 Å². The number of nitrogens with two attached hydrogens (primary N) is 1. The average Bonchev–Trinajstić information content (AvgIpc) is 2.46. The lowest BCUT2D eigenvalue weighted by molar-refractivity contribution is -0.0460. The normalized spacial score (nSPS) is 26.5. The standard InChI is InChI=1S/C13H26N4O2/c1-15(2)13(18)16-5-3-11(4-6-16)17-7-8-19-12(9-14)10-17/h11-12H,3-10,14H2,1-2H3. The van der Waals surface area contributed by atoms with Gasteiger partial charge in [-0.3, -0.25) is 4.90 Å². The van der Waals surface area contributed by atoms with Gasteiger partial charge in [0.1, 0.15) is 0 Å². The molecule has 0 aromatic rings. The van der Waals surface area contributed by atoms with Gasteiger partial charge in [-0.05, 0) is 12.8 Å². The second-order valence-electron chi connectivity index (χ2n) is 5.62. The summed E-state index contributed by atoms with van der Waals surface area (Å²) in [5.41, 5.74) is 5.68. The fraction of sp³-hybridized carbons (Fsp3) is 0.923. The quantitative estimate of drug-likeness (QED) is 0.754. The number of carbonyl (C=O) groups is 1. The first kappa shape index (κ1) is 14.6. The van der Waals surface area contributed by atoms with Crippen LogP contribution in [0.4, 0.5) is 4.79 Å². The van der Waals surface area contributed by atoms with Crippen molar-refractivity contribution in [2.75, 3.05) is 53.4 Å². The smallest absolute Gasteiger partial charge is 0.319 e. The monoisotopic (exact) mass is 270 g/mol. The summed E-state index contributed by atoms with van der Waals surface area (Å²) in [6, 6.07) is 0.699. The van der Waals surface area contributed by atoms with Gasteiger partial charge in [-0.2, -0.15) is 0 Å². The summed E-state index contributed by atoms with van der Waals surface area (Å²) in [4.78, 5) is 18.0. The number of hydrogen-bond donors (Lipinski definition) is 1. The summed E-state index contributed by atoms with van der Waals surface area (Å²) in [5, 5.41) is 0. The van der Waals surface area contributed by atoms with Crippen molar-refractivity contribution in [3.63, 3.8) is 0 Å². The van der Waals surface area contributed by atoms with E-state index in [2.05, 4.69) is 4.90 Å². The molecule has 0 aliphatic carbocycles. The van der Waals surface area contributed by atoms with Crippen LogP contribution in [0.2, 0.25) is 0 Å². The molecule has 0 aromatic heterocycles. The maximum atomic E-state index is 11.9. The minimum atomic E-state index is 0.125. The van der Waals surface area contributed by atoms with Crippen molar-refractivity contribution in [1.29, 1.82) is 0 Å². The van der Waals surface area contributed by atoms with Gasteiger partial charge in [-0.25, -0.2) is 4.79 Å². The molecule has 6 heteroatoms. The summed E-state index contributed by atoms with van der Waals surface area (Å²) in [5.74, 6) is 0. The Bertz CT molecular complexity index is 303. The fourth-order valence-electron chi connectivity index (χ4n) is 2.92. The first-order chi connectivity index (χ1) is 9.11. The number of urea groups is 1. The third-order valence-electron chi connectivity index (χ3n) is 4.07. The van der Waals surface area contributed by atoms with Crippen molar-refractivity contribution >= 4 is 6.03 Å². The Hall–Kier alpha value is -0.850. The number of ether oxygens (including phenoxy) is 1. The molecule has 2 saturated heterocycles. The zero-order chi connectivity index (χ0) is 13.8. The largest absolute Gasteiger partial charge is 0.374 e. The maximum absolute atomic E-state index is 11.9. The van der Waals surface area contributed by atoms with E-state index in [1.807, 2.05) is 19.0 Å². The van der Waals surface area contributed by atoms with Crippen LogP contribution >= 0.6 is 0 Å². The van der Waals surface area contributed by atoms with Crippen molar-refractivity contribution in [1.82, 2.24) is 14.7 Å². The number of hydrogen-bond acceptors (Lipinski definition) is 4. The molecule has 2 fully saturated rings. The van der Waals surface area contributed by atoms with Gasteiger partial charge in [0.05, 0.1) is 12.7 Å². The van der Waals surface area contributed by atoms with Gasteiger partial charge < -0.3 is 20.3 Å². The average molecular weight is 270 g/mol. The molecule has 0 radical (unpaired) electrons. The van der Waals surface area contributed by atoms with Crippen molar-refractivity contribution < 1.29 is 9.53 Å². The third-order valence-corrected chi connectivity index (χ3v) is 4.07. The van der Waals surface area contributed by atoms with Crippen molar-refractivity contribution in [2.45, 2.75) is 25.0 Å². The number of piperidine rings is 1. The van der Waals surface area contributed by atoms with Crippen molar-refractivity contribution in [3.8, 4) is 0 Å². The molecule has 1 unspecified atom stereocenters. The molecule has 2 heterocycles. The van der Waals surface area contributed by atoms with Crippen LogP contribution in [0.15, 0.2) is 0 Å². The summed E-state index contributed by atoms with van der Waals surface area (Å²) >= 11 is 0. The number of likely N-dealkylation sites (tertiary alicyclic amines) is 1. The van der Waals surface area contributed by atoms with E-state index < -0.39 is 0 Å². The second-order valence-corrected chi connectivity index (χ2v) is 5.62. The molecule has 2 N–H and O–H groups in total. The number of carbonyl (C=O) groups excluding carboxylic acids is 1. The summed E-state index contributed by atoms with van der Waals surface area (Å²) in [6.07, 6.45) is 2.28. The van der Waals surface area contributed by atoms with E-state index in [1.165, 1.54) is 0 Å². The zero-order valence-corrected chi connectivity index (χ0v) is 12.0. The molecule has 0 aromatic carbocycles. The van der Waals surface area contributed by atoms with Crippen LogP contribution in [-0.4, -0.2) is 86.3 Å². The number of nitrogens with zero attached hydrogens (tertiary/aromatic N) is 3. The van der Waals surface area contributed by atoms with Crippen LogP contribution in [0.25, 0.3) is 0 Å². The van der Waals surface area contributed by atoms with Gasteiger partial charge in [0.2, 0.25) is 0 Å². The lowest BCUT2D eigenvalue weighted by Crippen LogP contribution is -2.54. The summed E-state index contributed by atoms with van der Waals surface area (Å²) < 4.78 is 5.60. The minimum Gasteiger partial charge on any atom is -0.374 e. The first-order valence-electron chi connectivity index (χ1n) is 7.13. The maximum Gasteiger partial charge on any atom is 0.319 e. The molecular formula is C13H26N4O2. The fourth-order valence-corrected chi connectivity index (χ4v) is 2.92. The molecule has 0 bridgehead atoms. The van der Waals surface area contributed by atoms with E-state index in [0.717, 1.165) is 45.6 Å². The third kappa shape index (κ3) is 3.58. The Morgan fingerprint density at radius 2 is 2.00 bits per heavy atom. The molecule has 0 spiro atoms. The number of amides is 2. The Balaban J connectivity index is 1.81. The molecule has 2 amide bonds. The van der Waals surface area contributed by atoms with Crippen molar-refractivity contribution in [2.24, 2.45) is 5.73 Å². The van der Waals surface area contributed by atoms with E-state index >= 15 is 0 Å². The highest BCUT2D eigenvalue weighted by Crippen LogP contribution is 2.19. The van der Waals surface area contributed by atoms with Crippen LogP contribution in [0.3, 0.4) is 0 Å². The van der Waals surface area contributed by atoms with E-state index in [1.54, 1.807) is 4.90 Å². The zero-order valence-electron chi connectivity index (χ0n) is 12.0.